The first kappa shape index (κ1) is 12.5. The van der Waals surface area contributed by atoms with Crippen molar-refractivity contribution in [3.05, 3.63) is 16.0 Å². The van der Waals surface area contributed by atoms with Gasteiger partial charge in [0.25, 0.3) is 0 Å². The number of anilines is 1. The monoisotopic (exact) mass is 249 g/mol. The summed E-state index contributed by atoms with van der Waals surface area (Å²) >= 11 is 11.6. The van der Waals surface area contributed by atoms with E-state index in [1.54, 1.807) is 0 Å². The second-order valence-corrected chi connectivity index (χ2v) is 4.08. The maximum Gasteiger partial charge on any atom is 0.225 e. The van der Waals surface area contributed by atoms with Gasteiger partial charge in [-0.15, -0.1) is 0 Å². The van der Waals surface area contributed by atoms with E-state index in [-0.39, 0.29) is 23.1 Å². The lowest BCUT2D eigenvalue weighted by atomic mass is 10.2. The number of aromatic nitrogens is 2. The number of nitrogens with one attached hydrogen (secondary N) is 1. The molecule has 6 heteroatoms. The van der Waals surface area contributed by atoms with Gasteiger partial charge >= 0.3 is 0 Å². The minimum atomic E-state index is -0.00249. The summed E-state index contributed by atoms with van der Waals surface area (Å²) in [7, 11) is 0. The molecule has 0 aliphatic carbocycles. The van der Waals surface area contributed by atoms with Crippen molar-refractivity contribution < 1.29 is 5.11 Å². The van der Waals surface area contributed by atoms with E-state index < -0.39 is 0 Å². The molecule has 0 saturated heterocycles. The average Bonchev–Trinajstić information content (AvgIpc) is 2.10. The standard InChI is InChI=1S/C9H13Cl2N3O/c1-5(2)12-8-6(3-4-15)7(10)13-9(11)14-8/h5,15H,3-4H2,1-2H3,(H,12,13,14). The van der Waals surface area contributed by atoms with Crippen LogP contribution >= 0.6 is 23.2 Å². The van der Waals surface area contributed by atoms with Gasteiger partial charge in [-0.25, -0.2) is 9.97 Å². The molecule has 0 aromatic carbocycles. The predicted octanol–water partition coefficient (Wildman–Crippen LogP) is 2.14. The second kappa shape index (κ2) is 5.49. The molecule has 15 heavy (non-hydrogen) atoms. The molecular formula is C9H13Cl2N3O. The maximum atomic E-state index is 8.90. The third-order valence-corrected chi connectivity index (χ3v) is 2.20. The van der Waals surface area contributed by atoms with E-state index in [9.17, 15) is 0 Å². The fourth-order valence-electron chi connectivity index (χ4n) is 1.16. The first-order valence-corrected chi connectivity index (χ1v) is 5.39. The zero-order chi connectivity index (χ0) is 11.4. The Morgan fingerprint density at radius 1 is 1.33 bits per heavy atom. The minimum absolute atomic E-state index is 0.00249. The van der Waals surface area contributed by atoms with E-state index in [1.807, 2.05) is 13.8 Å². The molecule has 1 aromatic heterocycles. The van der Waals surface area contributed by atoms with E-state index >= 15 is 0 Å². The van der Waals surface area contributed by atoms with Crippen molar-refractivity contribution in [1.82, 2.24) is 9.97 Å². The number of aliphatic hydroxyl groups excluding tert-OH is 1. The molecular weight excluding hydrogens is 237 g/mol. The lowest BCUT2D eigenvalue weighted by molar-refractivity contribution is 0.299. The minimum Gasteiger partial charge on any atom is -0.396 e. The summed E-state index contributed by atoms with van der Waals surface area (Å²) in [5, 5.41) is 12.4. The summed E-state index contributed by atoms with van der Waals surface area (Å²) in [6.45, 7) is 3.96. The molecule has 1 heterocycles. The Bertz CT molecular complexity index is 344. The summed E-state index contributed by atoms with van der Waals surface area (Å²) in [5.41, 5.74) is 0.692. The molecule has 1 aromatic rings. The average molecular weight is 250 g/mol. The highest BCUT2D eigenvalue weighted by molar-refractivity contribution is 6.32. The molecule has 0 saturated carbocycles. The van der Waals surface area contributed by atoms with Gasteiger partial charge in [-0.05, 0) is 25.4 Å². The fourth-order valence-corrected chi connectivity index (χ4v) is 1.63. The number of aliphatic hydroxyl groups is 1. The van der Waals surface area contributed by atoms with Crippen LogP contribution in [-0.4, -0.2) is 27.7 Å². The molecule has 4 nitrogen and oxygen atoms in total. The Hall–Kier alpha value is -0.580. The normalized spacial score (nSPS) is 10.8. The first-order chi connectivity index (χ1) is 7.04. The van der Waals surface area contributed by atoms with Crippen molar-refractivity contribution in [3.63, 3.8) is 0 Å². The van der Waals surface area contributed by atoms with Crippen LogP contribution in [0.5, 0.6) is 0 Å². The molecule has 0 unspecified atom stereocenters. The van der Waals surface area contributed by atoms with Crippen LogP contribution in [0.25, 0.3) is 0 Å². The third kappa shape index (κ3) is 3.48. The molecule has 0 aliphatic heterocycles. The SMILES string of the molecule is CC(C)Nc1nc(Cl)nc(Cl)c1CCO. The van der Waals surface area contributed by atoms with E-state index in [0.29, 0.717) is 17.8 Å². The van der Waals surface area contributed by atoms with E-state index in [2.05, 4.69) is 15.3 Å². The van der Waals surface area contributed by atoms with Gasteiger partial charge in [0, 0.05) is 24.6 Å². The number of rotatable bonds is 4. The van der Waals surface area contributed by atoms with Gasteiger partial charge < -0.3 is 10.4 Å². The number of hydrogen-bond donors (Lipinski definition) is 2. The Morgan fingerprint density at radius 3 is 2.53 bits per heavy atom. The van der Waals surface area contributed by atoms with Crippen molar-refractivity contribution in [3.8, 4) is 0 Å². The third-order valence-electron chi connectivity index (χ3n) is 1.72. The largest absolute Gasteiger partial charge is 0.396 e. The Morgan fingerprint density at radius 2 is 2.00 bits per heavy atom. The van der Waals surface area contributed by atoms with Gasteiger partial charge in [-0.3, -0.25) is 0 Å². The van der Waals surface area contributed by atoms with Crippen LogP contribution < -0.4 is 5.32 Å². The van der Waals surface area contributed by atoms with Crippen LogP contribution in [0.2, 0.25) is 10.4 Å². The molecule has 0 spiro atoms. The summed E-state index contributed by atoms with van der Waals surface area (Å²) in [6, 6.07) is 0.212. The molecule has 0 bridgehead atoms. The fraction of sp³-hybridized carbons (Fsp3) is 0.556. The topological polar surface area (TPSA) is 58.0 Å². The zero-order valence-electron chi connectivity index (χ0n) is 8.59. The second-order valence-electron chi connectivity index (χ2n) is 3.38. The van der Waals surface area contributed by atoms with E-state index in [1.165, 1.54) is 0 Å². The molecule has 0 aliphatic rings. The number of hydrogen-bond acceptors (Lipinski definition) is 4. The van der Waals surface area contributed by atoms with Gasteiger partial charge in [0.2, 0.25) is 5.28 Å². The molecule has 0 amide bonds. The molecule has 84 valence electrons. The number of halogens is 2. The van der Waals surface area contributed by atoms with Crippen molar-refractivity contribution in [1.29, 1.82) is 0 Å². The Balaban J connectivity index is 3.08. The maximum absolute atomic E-state index is 8.90. The van der Waals surface area contributed by atoms with Crippen LogP contribution in [0.15, 0.2) is 0 Å². The highest BCUT2D eigenvalue weighted by Gasteiger charge is 2.12. The first-order valence-electron chi connectivity index (χ1n) is 4.64. The van der Waals surface area contributed by atoms with Crippen molar-refractivity contribution in [2.24, 2.45) is 0 Å². The molecule has 0 radical (unpaired) electrons. The van der Waals surface area contributed by atoms with Crippen LogP contribution in [-0.2, 0) is 6.42 Å². The highest BCUT2D eigenvalue weighted by Crippen LogP contribution is 2.23. The summed E-state index contributed by atoms with van der Waals surface area (Å²) in [6.07, 6.45) is 0.408. The van der Waals surface area contributed by atoms with Crippen molar-refractivity contribution in [2.75, 3.05) is 11.9 Å². The van der Waals surface area contributed by atoms with Crippen molar-refractivity contribution >= 4 is 29.0 Å². The van der Waals surface area contributed by atoms with Gasteiger partial charge in [0.1, 0.15) is 11.0 Å². The zero-order valence-corrected chi connectivity index (χ0v) is 10.1. The van der Waals surface area contributed by atoms with E-state index in [4.69, 9.17) is 28.3 Å². The number of nitrogens with zero attached hydrogens (tertiary/aromatic N) is 2. The Labute approximate surface area is 98.6 Å². The quantitative estimate of drug-likeness (QED) is 0.635. The summed E-state index contributed by atoms with van der Waals surface area (Å²) < 4.78 is 0. The molecule has 1 rings (SSSR count). The lowest BCUT2D eigenvalue weighted by Crippen LogP contribution is -2.14. The molecule has 0 fully saturated rings. The van der Waals surface area contributed by atoms with Gasteiger partial charge in [0.15, 0.2) is 0 Å². The smallest absolute Gasteiger partial charge is 0.225 e. The summed E-state index contributed by atoms with van der Waals surface area (Å²) in [4.78, 5) is 7.87. The van der Waals surface area contributed by atoms with Gasteiger partial charge in [-0.2, -0.15) is 0 Å². The van der Waals surface area contributed by atoms with Crippen LogP contribution in [0.4, 0.5) is 5.82 Å². The van der Waals surface area contributed by atoms with Crippen molar-refractivity contribution in [2.45, 2.75) is 26.3 Å². The van der Waals surface area contributed by atoms with Crippen LogP contribution in [0.3, 0.4) is 0 Å². The van der Waals surface area contributed by atoms with Crippen LogP contribution in [0.1, 0.15) is 19.4 Å². The van der Waals surface area contributed by atoms with Crippen LogP contribution in [0, 0.1) is 0 Å². The van der Waals surface area contributed by atoms with E-state index in [0.717, 1.165) is 0 Å². The molecule has 0 atom stereocenters. The summed E-state index contributed by atoms with van der Waals surface area (Å²) in [5.74, 6) is 0.587. The molecule has 2 N–H and O–H groups in total. The van der Waals surface area contributed by atoms with Gasteiger partial charge in [0.05, 0.1) is 0 Å². The highest BCUT2D eigenvalue weighted by atomic mass is 35.5. The van der Waals surface area contributed by atoms with Gasteiger partial charge in [-0.1, -0.05) is 11.6 Å². The lowest BCUT2D eigenvalue weighted by Gasteiger charge is -2.14. The Kier molecular flexibility index (Phi) is 4.57. The predicted molar refractivity (Wildman–Crippen MR) is 61.6 cm³/mol.